The summed E-state index contributed by atoms with van der Waals surface area (Å²) < 4.78 is 5.01. The van der Waals surface area contributed by atoms with Gasteiger partial charge >= 0.3 is 0 Å². The number of ketones is 1. The van der Waals surface area contributed by atoms with Gasteiger partial charge in [-0.2, -0.15) is 0 Å². The fraction of sp³-hybridized carbons (Fsp3) is 0.417. The second-order valence-electron chi connectivity index (χ2n) is 2.43. The second kappa shape index (κ2) is 10.6. The average molecular weight is 212 g/mol. The van der Waals surface area contributed by atoms with Gasteiger partial charge in [0.25, 0.3) is 0 Å². The molecule has 86 valence electrons. The van der Waals surface area contributed by atoms with Gasteiger partial charge in [-0.25, -0.2) is 0 Å². The van der Waals surface area contributed by atoms with Crippen LogP contribution in [0.3, 0.4) is 0 Å². The molecular weight excluding hydrogens is 192 g/mol. The van der Waals surface area contributed by atoms with Crippen molar-refractivity contribution in [3.63, 3.8) is 0 Å². The van der Waals surface area contributed by atoms with Gasteiger partial charge in [0.2, 0.25) is 0 Å². The van der Waals surface area contributed by atoms with Crippen LogP contribution < -0.4 is 0 Å². The van der Waals surface area contributed by atoms with E-state index in [-0.39, 0.29) is 23.9 Å². The van der Waals surface area contributed by atoms with Crippen LogP contribution in [0.15, 0.2) is 36.3 Å². The van der Waals surface area contributed by atoms with Crippen molar-refractivity contribution >= 4 is 5.78 Å². The maximum absolute atomic E-state index is 10.6. The normalized spacial score (nSPS) is 11.2. The maximum atomic E-state index is 10.6. The van der Waals surface area contributed by atoms with Crippen molar-refractivity contribution in [2.45, 2.75) is 27.7 Å². The summed E-state index contributed by atoms with van der Waals surface area (Å²) in [6.45, 7) is 10.5. The Kier molecular flexibility index (Phi) is 11.2. The number of Topliss-reactive ketones (excluding diaryl/α,β-unsaturated/α-hetero) is 1. The average Bonchev–Trinajstić information content (AvgIpc) is 2.21. The molecule has 1 N–H and O–H groups in total. The lowest BCUT2D eigenvalue weighted by molar-refractivity contribution is -0.120. The first-order valence-electron chi connectivity index (χ1n) is 4.92. The van der Waals surface area contributed by atoms with Crippen molar-refractivity contribution in [2.24, 2.45) is 0 Å². The van der Waals surface area contributed by atoms with Crippen molar-refractivity contribution in [1.29, 1.82) is 0 Å². The summed E-state index contributed by atoms with van der Waals surface area (Å²) in [5.74, 6) is 0.166. The molecule has 3 nitrogen and oxygen atoms in total. The van der Waals surface area contributed by atoms with E-state index in [4.69, 9.17) is 4.74 Å². The molecule has 0 aliphatic heterocycles. The van der Waals surface area contributed by atoms with Crippen LogP contribution in [0.25, 0.3) is 0 Å². The molecule has 0 spiro atoms. The lowest BCUT2D eigenvalue weighted by atomic mass is 10.3. The number of hydrogen-bond acceptors (Lipinski definition) is 3. The maximum Gasteiger partial charge on any atom is 0.167 e. The van der Waals surface area contributed by atoms with Gasteiger partial charge in [0.1, 0.15) is 6.61 Å². The molecule has 0 radical (unpaired) electrons. The van der Waals surface area contributed by atoms with E-state index in [0.29, 0.717) is 0 Å². The van der Waals surface area contributed by atoms with E-state index < -0.39 is 0 Å². The minimum atomic E-state index is -0.0919. The summed E-state index contributed by atoms with van der Waals surface area (Å²) in [7, 11) is 0. The topological polar surface area (TPSA) is 46.5 Å². The summed E-state index contributed by atoms with van der Waals surface area (Å²) in [5.41, 5.74) is 0. The Bertz CT molecular complexity index is 250. The molecule has 3 heteroatoms. The molecule has 0 unspecified atom stereocenters. The van der Waals surface area contributed by atoms with Crippen LogP contribution in [-0.2, 0) is 9.53 Å². The molecule has 0 heterocycles. The summed E-state index contributed by atoms with van der Waals surface area (Å²) in [4.78, 5) is 10.6. The Morgan fingerprint density at radius 3 is 2.33 bits per heavy atom. The number of allylic oxidation sites excluding steroid dienone is 3. The van der Waals surface area contributed by atoms with Crippen molar-refractivity contribution in [3.8, 4) is 0 Å². The predicted molar refractivity (Wildman–Crippen MR) is 62.6 cm³/mol. The van der Waals surface area contributed by atoms with Crippen molar-refractivity contribution in [1.82, 2.24) is 0 Å². The van der Waals surface area contributed by atoms with E-state index in [9.17, 15) is 9.90 Å². The monoisotopic (exact) mass is 212 g/mol. The zero-order chi connectivity index (χ0) is 12.3. The Balaban J connectivity index is 0. The summed E-state index contributed by atoms with van der Waals surface area (Å²) in [6, 6.07) is 0. The Labute approximate surface area is 91.8 Å². The van der Waals surface area contributed by atoms with Gasteiger partial charge in [-0.1, -0.05) is 26.5 Å². The molecule has 0 atom stereocenters. The Morgan fingerprint density at radius 2 is 2.00 bits per heavy atom. The third-order valence-electron chi connectivity index (χ3n) is 1.22. The molecule has 15 heavy (non-hydrogen) atoms. The lowest BCUT2D eigenvalue weighted by Crippen LogP contribution is -2.05. The van der Waals surface area contributed by atoms with Crippen LogP contribution in [0, 0.1) is 0 Å². The Morgan fingerprint density at radius 1 is 1.47 bits per heavy atom. The smallest absolute Gasteiger partial charge is 0.167 e. The van der Waals surface area contributed by atoms with Gasteiger partial charge < -0.3 is 9.84 Å². The van der Waals surface area contributed by atoms with Gasteiger partial charge in [-0.3, -0.25) is 4.79 Å². The third kappa shape index (κ3) is 8.81. The van der Waals surface area contributed by atoms with Crippen LogP contribution in [0.1, 0.15) is 27.7 Å². The van der Waals surface area contributed by atoms with Crippen LogP contribution in [0.5, 0.6) is 0 Å². The number of carbonyl (C=O) groups is 1. The van der Waals surface area contributed by atoms with E-state index >= 15 is 0 Å². The highest BCUT2D eigenvalue weighted by Crippen LogP contribution is 2.08. The fourth-order valence-electron chi connectivity index (χ4n) is 0.678. The van der Waals surface area contributed by atoms with Gasteiger partial charge in [-0.05, 0) is 26.0 Å². The molecule has 0 saturated carbocycles. The molecule has 0 saturated heterocycles. The van der Waals surface area contributed by atoms with Crippen molar-refractivity contribution in [3.05, 3.63) is 36.3 Å². The minimum absolute atomic E-state index is 0.0289. The third-order valence-corrected chi connectivity index (χ3v) is 1.22. The lowest BCUT2D eigenvalue weighted by Gasteiger charge is -2.06. The highest BCUT2D eigenvalue weighted by atomic mass is 16.5. The van der Waals surface area contributed by atoms with Gasteiger partial charge in [0.15, 0.2) is 17.3 Å². The van der Waals surface area contributed by atoms with Crippen molar-refractivity contribution in [2.75, 3.05) is 6.61 Å². The number of carbonyl (C=O) groups excluding carboxylic acids is 1. The molecular formula is C12H20O3. The quantitative estimate of drug-likeness (QED) is 0.562. The highest BCUT2D eigenvalue weighted by molar-refractivity contribution is 5.76. The molecule has 0 aromatic rings. The zero-order valence-corrected chi connectivity index (χ0v) is 9.91. The van der Waals surface area contributed by atoms with E-state index in [1.54, 1.807) is 13.0 Å². The molecule has 0 aromatic heterocycles. The summed E-state index contributed by atoms with van der Waals surface area (Å²) >= 11 is 0. The molecule has 0 rings (SSSR count). The molecule has 0 aromatic carbocycles. The van der Waals surface area contributed by atoms with Gasteiger partial charge in [-0.15, -0.1) is 0 Å². The van der Waals surface area contributed by atoms with Gasteiger partial charge in [0.05, 0.1) is 0 Å². The highest BCUT2D eigenvalue weighted by Gasteiger charge is 2.03. The van der Waals surface area contributed by atoms with E-state index in [2.05, 4.69) is 6.58 Å². The molecule has 0 bridgehead atoms. The molecule has 0 aliphatic carbocycles. The van der Waals surface area contributed by atoms with Crippen LogP contribution in [-0.4, -0.2) is 17.5 Å². The zero-order valence-electron chi connectivity index (χ0n) is 9.91. The minimum Gasteiger partial charge on any atom is -0.504 e. The van der Waals surface area contributed by atoms with Crippen LogP contribution in [0.4, 0.5) is 0 Å². The Hall–Kier alpha value is -1.51. The van der Waals surface area contributed by atoms with E-state index in [1.165, 1.54) is 19.1 Å². The van der Waals surface area contributed by atoms with Gasteiger partial charge in [0, 0.05) is 0 Å². The van der Waals surface area contributed by atoms with Crippen LogP contribution in [0.2, 0.25) is 0 Å². The number of aliphatic hydroxyl groups excluding tert-OH is 1. The first kappa shape index (κ1) is 15.9. The predicted octanol–water partition coefficient (Wildman–Crippen LogP) is 3.15. The number of hydrogen-bond donors (Lipinski definition) is 1. The SMILES string of the molecule is C=C/C=C(O)\C(=C/C)OCC(C)=O.CC. The molecule has 0 amide bonds. The number of rotatable bonds is 5. The van der Waals surface area contributed by atoms with Crippen LogP contribution >= 0.6 is 0 Å². The number of ether oxygens (including phenoxy) is 1. The molecule has 0 aliphatic rings. The van der Waals surface area contributed by atoms with Crippen molar-refractivity contribution < 1.29 is 14.6 Å². The standard InChI is InChI=1S/C10H14O3.C2H6/c1-4-6-9(12)10(5-2)13-7-8(3)11;1-2/h4-6,12H,1,7H2,2-3H3;1-2H3/b9-6+,10-5+;. The second-order valence-corrected chi connectivity index (χ2v) is 2.43. The fourth-order valence-corrected chi connectivity index (χ4v) is 0.678. The largest absolute Gasteiger partial charge is 0.504 e. The summed E-state index contributed by atoms with van der Waals surface area (Å²) in [5, 5.41) is 9.31. The summed E-state index contributed by atoms with van der Waals surface area (Å²) in [6.07, 6.45) is 4.42. The van der Waals surface area contributed by atoms with E-state index in [0.717, 1.165) is 0 Å². The first-order valence-corrected chi connectivity index (χ1v) is 4.92. The number of aliphatic hydroxyl groups is 1. The molecule has 0 fully saturated rings. The first-order chi connectivity index (χ1) is 7.11. The van der Waals surface area contributed by atoms with E-state index in [1.807, 2.05) is 13.8 Å².